The molecule has 0 radical (unpaired) electrons. The highest BCUT2D eigenvalue weighted by molar-refractivity contribution is 5.69. The molecule has 1 unspecified atom stereocenters. The lowest BCUT2D eigenvalue weighted by Gasteiger charge is -2.22. The first kappa shape index (κ1) is 20.7. The summed E-state index contributed by atoms with van der Waals surface area (Å²) in [5.74, 6) is 1.20. The highest BCUT2D eigenvalue weighted by Crippen LogP contribution is 2.15. The number of hydrogen-bond donors (Lipinski definition) is 3. The Kier molecular flexibility index (Phi) is 10.1. The summed E-state index contributed by atoms with van der Waals surface area (Å²) in [7, 11) is 4.29. The minimum atomic E-state index is -1.42. The molecular formula is C15H23N3O5. The van der Waals surface area contributed by atoms with Crippen molar-refractivity contribution < 1.29 is 23.7 Å². The Morgan fingerprint density at radius 2 is 1.61 bits per heavy atom. The Bertz CT molecular complexity index is 497. The van der Waals surface area contributed by atoms with Crippen LogP contribution < -0.4 is 17.2 Å². The van der Waals surface area contributed by atoms with E-state index in [1.54, 1.807) is 0 Å². The normalized spacial score (nSPS) is 11.3. The summed E-state index contributed by atoms with van der Waals surface area (Å²) in [5.41, 5.74) is 15.1. The molecule has 1 aromatic rings. The van der Waals surface area contributed by atoms with Gasteiger partial charge in [-0.15, -0.1) is 0 Å². The second-order valence-electron chi connectivity index (χ2n) is 4.05. The van der Waals surface area contributed by atoms with Crippen LogP contribution in [0.1, 0.15) is 11.7 Å². The molecule has 0 aliphatic heterocycles. The van der Waals surface area contributed by atoms with Crippen molar-refractivity contribution in [1.29, 1.82) is 0 Å². The van der Waals surface area contributed by atoms with Crippen LogP contribution in [0, 0.1) is 12.0 Å². The van der Waals surface area contributed by atoms with Crippen molar-refractivity contribution in [2.24, 2.45) is 17.2 Å². The molecular weight excluding hydrogens is 302 g/mol. The average molecular weight is 325 g/mol. The first-order chi connectivity index (χ1) is 10.9. The minimum Gasteiger partial charge on any atom is -0.437 e. The summed E-state index contributed by atoms with van der Waals surface area (Å²) < 4.78 is 20.5. The third kappa shape index (κ3) is 8.04. The number of carbonyl (C=O) groups is 1. The van der Waals surface area contributed by atoms with Crippen molar-refractivity contribution in [1.82, 2.24) is 0 Å². The van der Waals surface area contributed by atoms with Crippen LogP contribution in [-0.4, -0.2) is 39.9 Å². The topological polar surface area (TPSA) is 132 Å². The number of urea groups is 1. The van der Waals surface area contributed by atoms with Gasteiger partial charge in [0, 0.05) is 33.8 Å². The first-order valence-electron chi connectivity index (χ1n) is 6.57. The lowest BCUT2D eigenvalue weighted by Crippen LogP contribution is -2.34. The molecule has 0 spiro atoms. The summed E-state index contributed by atoms with van der Waals surface area (Å²) in [6.45, 7) is 0.318. The van der Waals surface area contributed by atoms with Gasteiger partial charge in [0.05, 0.1) is 0 Å². The molecule has 2 amide bonds. The van der Waals surface area contributed by atoms with Crippen LogP contribution in [0.25, 0.3) is 0 Å². The van der Waals surface area contributed by atoms with Gasteiger partial charge in [0.2, 0.25) is 0 Å². The summed E-state index contributed by atoms with van der Waals surface area (Å²) >= 11 is 0. The summed E-state index contributed by atoms with van der Waals surface area (Å²) in [5, 5.41) is 0. The van der Waals surface area contributed by atoms with Gasteiger partial charge >= 0.3 is 12.0 Å². The molecule has 0 saturated heterocycles. The molecule has 23 heavy (non-hydrogen) atoms. The van der Waals surface area contributed by atoms with Crippen molar-refractivity contribution in [2.45, 2.75) is 12.1 Å². The van der Waals surface area contributed by atoms with Crippen molar-refractivity contribution in [2.75, 3.05) is 27.9 Å². The number of primary amides is 2. The smallest absolute Gasteiger partial charge is 0.355 e. The van der Waals surface area contributed by atoms with Crippen molar-refractivity contribution in [3.8, 4) is 12.0 Å². The van der Waals surface area contributed by atoms with Gasteiger partial charge in [0.1, 0.15) is 12.2 Å². The lowest BCUT2D eigenvalue weighted by molar-refractivity contribution is -0.311. The molecule has 128 valence electrons. The van der Waals surface area contributed by atoms with Gasteiger partial charge in [-0.1, -0.05) is 30.3 Å². The molecule has 0 aliphatic carbocycles. The molecule has 0 heterocycles. The molecule has 0 bridgehead atoms. The fourth-order valence-corrected chi connectivity index (χ4v) is 1.49. The molecule has 0 fully saturated rings. The average Bonchev–Trinajstić information content (AvgIpc) is 2.56. The van der Waals surface area contributed by atoms with E-state index < -0.39 is 12.0 Å². The predicted molar refractivity (Wildman–Crippen MR) is 84.6 cm³/mol. The SMILES string of the molecule is COC(C#COC(CN)c1ccccc1)(OC)OC.NC(N)=O. The number of amides is 2. The van der Waals surface area contributed by atoms with E-state index >= 15 is 0 Å². The molecule has 1 aromatic carbocycles. The van der Waals surface area contributed by atoms with Gasteiger partial charge in [-0.3, -0.25) is 0 Å². The van der Waals surface area contributed by atoms with Gasteiger partial charge in [-0.2, -0.15) is 0 Å². The lowest BCUT2D eigenvalue weighted by atomic mass is 10.1. The van der Waals surface area contributed by atoms with Crippen molar-refractivity contribution >= 4 is 6.03 Å². The number of nitrogens with two attached hydrogens (primary N) is 3. The zero-order valence-electron chi connectivity index (χ0n) is 13.4. The largest absolute Gasteiger partial charge is 0.437 e. The maximum absolute atomic E-state index is 9.00. The van der Waals surface area contributed by atoms with E-state index in [4.69, 9.17) is 29.5 Å². The second kappa shape index (κ2) is 11.3. The van der Waals surface area contributed by atoms with E-state index in [1.807, 2.05) is 30.3 Å². The zero-order chi connectivity index (χ0) is 17.7. The van der Waals surface area contributed by atoms with Crippen LogP contribution in [0.5, 0.6) is 0 Å². The Morgan fingerprint density at radius 3 is 2.00 bits per heavy atom. The highest BCUT2D eigenvalue weighted by Gasteiger charge is 2.27. The number of benzene rings is 1. The zero-order valence-corrected chi connectivity index (χ0v) is 13.4. The van der Waals surface area contributed by atoms with Gasteiger partial charge in [0.15, 0.2) is 0 Å². The fraction of sp³-hybridized carbons (Fsp3) is 0.400. The van der Waals surface area contributed by atoms with E-state index in [-0.39, 0.29) is 6.10 Å². The van der Waals surface area contributed by atoms with Crippen molar-refractivity contribution in [3.63, 3.8) is 0 Å². The number of carbonyl (C=O) groups excluding carboxylic acids is 1. The summed E-state index contributed by atoms with van der Waals surface area (Å²) in [4.78, 5) is 9.00. The predicted octanol–water partition coefficient (Wildman–Crippen LogP) is 0.281. The number of methoxy groups -OCH3 is 3. The third-order valence-corrected chi connectivity index (χ3v) is 2.60. The van der Waals surface area contributed by atoms with E-state index in [0.29, 0.717) is 6.54 Å². The third-order valence-electron chi connectivity index (χ3n) is 2.60. The maximum Gasteiger partial charge on any atom is 0.355 e. The maximum atomic E-state index is 9.00. The quantitative estimate of drug-likeness (QED) is 0.508. The minimum absolute atomic E-state index is 0.308. The van der Waals surface area contributed by atoms with E-state index in [9.17, 15) is 0 Å². The van der Waals surface area contributed by atoms with Gasteiger partial charge in [0.25, 0.3) is 0 Å². The van der Waals surface area contributed by atoms with Crippen LogP contribution in [0.4, 0.5) is 4.79 Å². The van der Waals surface area contributed by atoms with Crippen LogP contribution >= 0.6 is 0 Å². The van der Waals surface area contributed by atoms with Crippen LogP contribution in [0.2, 0.25) is 0 Å². The van der Waals surface area contributed by atoms with Crippen LogP contribution in [-0.2, 0) is 18.9 Å². The van der Waals surface area contributed by atoms with E-state index in [1.165, 1.54) is 21.3 Å². The molecule has 0 aliphatic rings. The number of hydrogen-bond acceptors (Lipinski definition) is 6. The summed E-state index contributed by atoms with van der Waals surface area (Å²) in [6, 6.07) is 8.77. The Balaban J connectivity index is 0.00000108. The highest BCUT2D eigenvalue weighted by atomic mass is 16.9. The van der Waals surface area contributed by atoms with Gasteiger partial charge in [-0.05, 0) is 5.56 Å². The molecule has 8 heteroatoms. The van der Waals surface area contributed by atoms with Crippen LogP contribution in [0.3, 0.4) is 0 Å². The molecule has 1 atom stereocenters. The standard InChI is InChI=1S/C14H19NO4.CH4N2O/c1-16-14(17-2,18-3)9-10-19-13(11-15)12-7-5-4-6-8-12;2-1(3)4/h4-8,13H,11,15H2,1-3H3;(H4,2,3,4). The van der Waals surface area contributed by atoms with Gasteiger partial charge < -0.3 is 36.1 Å². The fourth-order valence-electron chi connectivity index (χ4n) is 1.49. The molecule has 0 aromatic heterocycles. The Hall–Kier alpha value is -2.31. The second-order valence-corrected chi connectivity index (χ2v) is 4.05. The van der Waals surface area contributed by atoms with E-state index in [2.05, 4.69) is 23.5 Å². The number of rotatable bonds is 6. The molecule has 6 N–H and O–H groups in total. The molecule has 1 rings (SSSR count). The first-order valence-corrected chi connectivity index (χ1v) is 6.57. The van der Waals surface area contributed by atoms with Crippen molar-refractivity contribution in [3.05, 3.63) is 35.9 Å². The van der Waals surface area contributed by atoms with Crippen LogP contribution in [0.15, 0.2) is 30.3 Å². The Morgan fingerprint density at radius 1 is 1.13 bits per heavy atom. The Labute approximate surface area is 135 Å². The van der Waals surface area contributed by atoms with Gasteiger partial charge in [-0.25, -0.2) is 4.79 Å². The number of ether oxygens (including phenoxy) is 4. The van der Waals surface area contributed by atoms with E-state index in [0.717, 1.165) is 5.56 Å². The molecule has 0 saturated carbocycles. The summed E-state index contributed by atoms with van der Waals surface area (Å²) in [6.07, 6.45) is 2.22. The monoisotopic (exact) mass is 325 g/mol. The molecule has 8 nitrogen and oxygen atoms in total.